The average molecular weight is 405 g/mol. The summed E-state index contributed by atoms with van der Waals surface area (Å²) >= 11 is 0. The van der Waals surface area contributed by atoms with E-state index in [9.17, 15) is 14.7 Å². The Morgan fingerprint density at radius 2 is 1.07 bits per heavy atom. The third kappa shape index (κ3) is 4.19. The molecular weight excluding hydrogens is 367 g/mol. The van der Waals surface area contributed by atoms with Crippen LogP contribution in [0.25, 0.3) is 0 Å². The molecule has 0 heterocycles. The summed E-state index contributed by atoms with van der Waals surface area (Å²) in [4.78, 5) is 34.6. The van der Waals surface area contributed by atoms with Crippen molar-refractivity contribution in [3.63, 3.8) is 0 Å². The molecule has 0 aliphatic rings. The third-order valence-electron chi connectivity index (χ3n) is 5.72. The van der Waals surface area contributed by atoms with Crippen molar-refractivity contribution in [2.24, 2.45) is 0 Å². The Morgan fingerprint density at radius 3 is 1.57 bits per heavy atom. The summed E-state index contributed by atoms with van der Waals surface area (Å²) < 4.78 is 0. The van der Waals surface area contributed by atoms with Gasteiger partial charge < -0.3 is 0 Å². The first-order valence-electron chi connectivity index (χ1n) is 9.91. The molecule has 0 amide bonds. The second kappa shape index (κ2) is 6.92. The maximum atomic E-state index is 11.5. The molecular formula is C24H37O3P. The zero-order chi connectivity index (χ0) is 21.6. The molecule has 28 heavy (non-hydrogen) atoms. The van der Waals surface area contributed by atoms with Crippen LogP contribution in [0.3, 0.4) is 0 Å². The predicted molar refractivity (Wildman–Crippen MR) is 121 cm³/mol. The second-order valence-corrected chi connectivity index (χ2v) is 14.3. The minimum atomic E-state index is -5.23. The fourth-order valence-electron chi connectivity index (χ4n) is 3.81. The molecule has 0 aliphatic heterocycles. The second-order valence-electron chi connectivity index (χ2n) is 10.6. The van der Waals surface area contributed by atoms with E-state index in [4.69, 9.17) is 0 Å². The fraction of sp³-hybridized carbons (Fsp3) is 0.500. The zero-order valence-electron chi connectivity index (χ0n) is 18.6. The van der Waals surface area contributed by atoms with Gasteiger partial charge in [-0.1, -0.05) is 0 Å². The van der Waals surface area contributed by atoms with Crippen LogP contribution in [0.15, 0.2) is 48.5 Å². The van der Waals surface area contributed by atoms with E-state index in [2.05, 4.69) is 26.8 Å². The number of benzene rings is 2. The first kappa shape index (κ1) is 23.0. The molecule has 2 aromatic carbocycles. The molecule has 0 bridgehead atoms. The molecule has 0 radical (unpaired) electrons. The molecule has 3 N–H and O–H groups in total. The van der Waals surface area contributed by atoms with Gasteiger partial charge in [0, 0.05) is 0 Å². The molecule has 0 aliphatic carbocycles. The molecule has 0 spiro atoms. The summed E-state index contributed by atoms with van der Waals surface area (Å²) in [5.41, 5.74) is 2.54. The Bertz CT molecular complexity index is 846. The topological polar surface area (TPSA) is 60.7 Å². The van der Waals surface area contributed by atoms with Crippen LogP contribution in [0, 0.1) is 0 Å². The molecule has 0 unspecified atom stereocenters. The minimum absolute atomic E-state index is 0.0766. The van der Waals surface area contributed by atoms with Gasteiger partial charge in [0.2, 0.25) is 0 Å². The van der Waals surface area contributed by atoms with Gasteiger partial charge in [0.15, 0.2) is 0 Å². The molecule has 0 atom stereocenters. The third-order valence-corrected chi connectivity index (χ3v) is 9.38. The molecule has 156 valence electrons. The van der Waals surface area contributed by atoms with Gasteiger partial charge in [0.25, 0.3) is 0 Å². The van der Waals surface area contributed by atoms with Crippen LogP contribution in [-0.4, -0.2) is 19.8 Å². The van der Waals surface area contributed by atoms with Crippen LogP contribution in [-0.2, 0) is 17.3 Å². The molecule has 2 aromatic rings. The standard InChI is InChI=1S/C24H37O3P/c1-22(2,3)19-14-10-9-13-18(19)17-24(7,8)28(25,26,27)21-16-12-11-15-20(21)23(4,5)6/h9-16,25-27H,17H2,1-8H3. The summed E-state index contributed by atoms with van der Waals surface area (Å²) in [5.74, 6) is 0. The van der Waals surface area contributed by atoms with Gasteiger partial charge in [0.05, 0.1) is 0 Å². The van der Waals surface area contributed by atoms with E-state index in [0.29, 0.717) is 6.42 Å². The molecule has 0 saturated carbocycles. The first-order chi connectivity index (χ1) is 12.5. The van der Waals surface area contributed by atoms with Crippen molar-refractivity contribution in [2.45, 2.75) is 77.8 Å². The Labute approximate surface area is 170 Å². The average Bonchev–Trinajstić information content (AvgIpc) is 2.52. The predicted octanol–water partition coefficient (Wildman–Crippen LogP) is 5.20. The molecule has 0 fully saturated rings. The maximum absolute atomic E-state index is 11.5. The Balaban J connectivity index is 2.63. The van der Waals surface area contributed by atoms with Crippen LogP contribution < -0.4 is 5.30 Å². The van der Waals surface area contributed by atoms with E-state index in [1.807, 2.05) is 51.1 Å². The Morgan fingerprint density at radius 1 is 0.643 bits per heavy atom. The van der Waals surface area contributed by atoms with Gasteiger partial charge in [-0.05, 0) is 0 Å². The Hall–Kier alpha value is -1.25. The van der Waals surface area contributed by atoms with Gasteiger partial charge in [-0.15, -0.1) is 0 Å². The monoisotopic (exact) mass is 404 g/mol. The summed E-state index contributed by atoms with van der Waals surface area (Å²) in [6.45, 7) is 16.0. The van der Waals surface area contributed by atoms with Crippen molar-refractivity contribution >= 4 is 12.6 Å². The quantitative estimate of drug-likeness (QED) is 0.614. The van der Waals surface area contributed by atoms with Crippen molar-refractivity contribution in [3.8, 4) is 0 Å². The van der Waals surface area contributed by atoms with Crippen molar-refractivity contribution in [1.29, 1.82) is 0 Å². The Kier molecular flexibility index (Phi) is 5.69. The zero-order valence-corrected chi connectivity index (χ0v) is 19.5. The number of hydrogen-bond donors (Lipinski definition) is 3. The fourth-order valence-corrected chi connectivity index (χ4v) is 6.14. The molecule has 0 aromatic heterocycles. The van der Waals surface area contributed by atoms with E-state index >= 15 is 0 Å². The van der Waals surface area contributed by atoms with Crippen molar-refractivity contribution < 1.29 is 14.7 Å². The van der Waals surface area contributed by atoms with Gasteiger partial charge in [0.1, 0.15) is 0 Å². The first-order valence-corrected chi connectivity index (χ1v) is 12.0. The van der Waals surface area contributed by atoms with Crippen molar-refractivity contribution in [2.75, 3.05) is 0 Å². The van der Waals surface area contributed by atoms with Gasteiger partial charge in [-0.3, -0.25) is 0 Å². The molecule has 3 nitrogen and oxygen atoms in total. The van der Waals surface area contributed by atoms with Crippen LogP contribution in [0.4, 0.5) is 0 Å². The van der Waals surface area contributed by atoms with Gasteiger partial charge in [-0.2, -0.15) is 0 Å². The van der Waals surface area contributed by atoms with Crippen LogP contribution in [0.1, 0.15) is 72.1 Å². The number of hydrogen-bond acceptors (Lipinski definition) is 3. The van der Waals surface area contributed by atoms with Crippen molar-refractivity contribution in [3.05, 3.63) is 65.2 Å². The van der Waals surface area contributed by atoms with E-state index in [1.54, 1.807) is 26.0 Å². The SMILES string of the molecule is CC(C)(C)c1ccccc1CC(C)(C)P(O)(O)(O)c1ccccc1C(C)(C)C. The van der Waals surface area contributed by atoms with E-state index in [-0.39, 0.29) is 16.1 Å². The van der Waals surface area contributed by atoms with Gasteiger partial charge >= 0.3 is 170 Å². The number of rotatable bonds is 4. The summed E-state index contributed by atoms with van der Waals surface area (Å²) in [6.07, 6.45) is 0.361. The van der Waals surface area contributed by atoms with E-state index in [1.165, 1.54) is 0 Å². The van der Waals surface area contributed by atoms with Crippen LogP contribution >= 0.6 is 7.28 Å². The molecule has 0 saturated heterocycles. The summed E-state index contributed by atoms with van der Waals surface area (Å²) in [6, 6.07) is 15.2. The van der Waals surface area contributed by atoms with E-state index in [0.717, 1.165) is 16.7 Å². The summed E-state index contributed by atoms with van der Waals surface area (Å²) in [5, 5.41) is -0.881. The van der Waals surface area contributed by atoms with Crippen LogP contribution in [0.5, 0.6) is 0 Å². The van der Waals surface area contributed by atoms with E-state index < -0.39 is 12.4 Å². The van der Waals surface area contributed by atoms with Crippen molar-refractivity contribution in [1.82, 2.24) is 0 Å². The molecule has 2 rings (SSSR count). The molecule has 4 heteroatoms. The summed E-state index contributed by atoms with van der Waals surface area (Å²) in [7, 11) is -5.23. The normalized spacial score (nSPS) is 15.2. The van der Waals surface area contributed by atoms with Crippen LogP contribution in [0.2, 0.25) is 0 Å². The van der Waals surface area contributed by atoms with Gasteiger partial charge in [-0.25, -0.2) is 0 Å².